The number of hydrogen-bond donors (Lipinski definition) is 1. The molecule has 0 spiro atoms. The third-order valence-corrected chi connectivity index (χ3v) is 4.49. The van der Waals surface area contributed by atoms with Crippen molar-refractivity contribution < 1.29 is 14.0 Å². The number of nitrogens with one attached hydrogen (secondary N) is 1. The van der Waals surface area contributed by atoms with E-state index in [1.807, 2.05) is 30.3 Å². The summed E-state index contributed by atoms with van der Waals surface area (Å²) < 4.78 is 13.8. The average Bonchev–Trinajstić information content (AvgIpc) is 2.67. The first kappa shape index (κ1) is 17.1. The molecule has 2 amide bonds. The summed E-state index contributed by atoms with van der Waals surface area (Å²) in [6.45, 7) is 1.35. The Balaban J connectivity index is 1.60. The standard InChI is InChI=1S/C20H21FN2O2/c21-18-11-5-4-10-17(18)20(25)23-12-6-9-16(14-23)19(24)22-13-15-7-2-1-3-8-15/h1-5,7-8,10-11,16H,6,9,12-14H2,(H,22,24). The van der Waals surface area contributed by atoms with Crippen LogP contribution in [0.2, 0.25) is 0 Å². The van der Waals surface area contributed by atoms with E-state index in [-0.39, 0.29) is 23.3 Å². The summed E-state index contributed by atoms with van der Waals surface area (Å²) in [7, 11) is 0. The monoisotopic (exact) mass is 340 g/mol. The van der Waals surface area contributed by atoms with Crippen LogP contribution >= 0.6 is 0 Å². The summed E-state index contributed by atoms with van der Waals surface area (Å²) in [4.78, 5) is 26.5. The fourth-order valence-electron chi connectivity index (χ4n) is 3.11. The number of amides is 2. The van der Waals surface area contributed by atoms with Gasteiger partial charge in [0.25, 0.3) is 5.91 Å². The molecule has 25 heavy (non-hydrogen) atoms. The number of carbonyl (C=O) groups is 2. The van der Waals surface area contributed by atoms with Gasteiger partial charge in [-0.1, -0.05) is 42.5 Å². The van der Waals surface area contributed by atoms with E-state index < -0.39 is 5.82 Å². The normalized spacial score (nSPS) is 17.2. The van der Waals surface area contributed by atoms with E-state index in [0.29, 0.717) is 19.6 Å². The molecule has 1 unspecified atom stereocenters. The van der Waals surface area contributed by atoms with E-state index in [2.05, 4.69) is 5.32 Å². The van der Waals surface area contributed by atoms with Gasteiger partial charge in [0.1, 0.15) is 5.82 Å². The van der Waals surface area contributed by atoms with Crippen LogP contribution in [0.3, 0.4) is 0 Å². The van der Waals surface area contributed by atoms with Crippen LogP contribution < -0.4 is 5.32 Å². The van der Waals surface area contributed by atoms with E-state index in [1.165, 1.54) is 12.1 Å². The molecule has 5 heteroatoms. The number of hydrogen-bond acceptors (Lipinski definition) is 2. The molecule has 1 atom stereocenters. The van der Waals surface area contributed by atoms with Crippen molar-refractivity contribution in [3.63, 3.8) is 0 Å². The van der Waals surface area contributed by atoms with E-state index in [4.69, 9.17) is 0 Å². The molecule has 4 nitrogen and oxygen atoms in total. The fraction of sp³-hybridized carbons (Fsp3) is 0.300. The van der Waals surface area contributed by atoms with Crippen molar-refractivity contribution in [3.05, 3.63) is 71.5 Å². The number of carbonyl (C=O) groups excluding carboxylic acids is 2. The third kappa shape index (κ3) is 4.24. The zero-order valence-corrected chi connectivity index (χ0v) is 14.0. The Morgan fingerprint density at radius 1 is 1.08 bits per heavy atom. The van der Waals surface area contributed by atoms with E-state index in [1.54, 1.807) is 17.0 Å². The highest BCUT2D eigenvalue weighted by atomic mass is 19.1. The van der Waals surface area contributed by atoms with Crippen LogP contribution in [0.15, 0.2) is 54.6 Å². The smallest absolute Gasteiger partial charge is 0.256 e. The highest BCUT2D eigenvalue weighted by Gasteiger charge is 2.29. The zero-order valence-electron chi connectivity index (χ0n) is 14.0. The quantitative estimate of drug-likeness (QED) is 0.930. The maximum Gasteiger partial charge on any atom is 0.256 e. The average molecular weight is 340 g/mol. The molecule has 130 valence electrons. The minimum Gasteiger partial charge on any atom is -0.352 e. The van der Waals surface area contributed by atoms with Crippen molar-refractivity contribution in [1.82, 2.24) is 10.2 Å². The van der Waals surface area contributed by atoms with Crippen LogP contribution in [0.25, 0.3) is 0 Å². The number of likely N-dealkylation sites (tertiary alicyclic amines) is 1. The largest absolute Gasteiger partial charge is 0.352 e. The molecule has 1 N–H and O–H groups in total. The van der Waals surface area contributed by atoms with Crippen LogP contribution in [-0.2, 0) is 11.3 Å². The van der Waals surface area contributed by atoms with Crippen LogP contribution in [0.1, 0.15) is 28.8 Å². The fourth-order valence-corrected chi connectivity index (χ4v) is 3.11. The number of halogens is 1. The van der Waals surface area contributed by atoms with Crippen LogP contribution in [-0.4, -0.2) is 29.8 Å². The lowest BCUT2D eigenvalue weighted by molar-refractivity contribution is -0.126. The molecule has 3 rings (SSSR count). The summed E-state index contributed by atoms with van der Waals surface area (Å²) in [6.07, 6.45) is 1.48. The molecule has 2 aromatic carbocycles. The van der Waals surface area contributed by atoms with Crippen molar-refractivity contribution in [2.45, 2.75) is 19.4 Å². The summed E-state index contributed by atoms with van der Waals surface area (Å²) in [5.74, 6) is -1.19. The van der Waals surface area contributed by atoms with Gasteiger partial charge in [0.2, 0.25) is 5.91 Å². The Kier molecular flexibility index (Phi) is 5.43. The lowest BCUT2D eigenvalue weighted by Gasteiger charge is -2.32. The maximum atomic E-state index is 13.8. The van der Waals surface area contributed by atoms with E-state index >= 15 is 0 Å². The predicted molar refractivity (Wildman–Crippen MR) is 93.3 cm³/mol. The number of benzene rings is 2. The molecular weight excluding hydrogens is 319 g/mol. The molecule has 0 radical (unpaired) electrons. The molecule has 2 aromatic rings. The molecule has 0 aliphatic carbocycles. The van der Waals surface area contributed by atoms with Gasteiger partial charge >= 0.3 is 0 Å². The second-order valence-corrected chi connectivity index (χ2v) is 6.27. The van der Waals surface area contributed by atoms with Crippen molar-refractivity contribution >= 4 is 11.8 Å². The molecule has 1 aliphatic heterocycles. The van der Waals surface area contributed by atoms with Gasteiger partial charge in [-0.05, 0) is 30.5 Å². The second kappa shape index (κ2) is 7.92. The number of nitrogens with zero attached hydrogens (tertiary/aromatic N) is 1. The lowest BCUT2D eigenvalue weighted by atomic mass is 9.96. The molecule has 1 aliphatic rings. The summed E-state index contributed by atoms with van der Waals surface area (Å²) in [6, 6.07) is 15.7. The highest BCUT2D eigenvalue weighted by molar-refractivity contribution is 5.95. The lowest BCUT2D eigenvalue weighted by Crippen LogP contribution is -2.45. The molecule has 0 bridgehead atoms. The minimum absolute atomic E-state index is 0.0603. The number of piperidine rings is 1. The maximum absolute atomic E-state index is 13.8. The van der Waals surface area contributed by atoms with Crippen LogP contribution in [0.5, 0.6) is 0 Å². The molecular formula is C20H21FN2O2. The third-order valence-electron chi connectivity index (χ3n) is 4.49. The first-order valence-electron chi connectivity index (χ1n) is 8.50. The van der Waals surface area contributed by atoms with Crippen molar-refractivity contribution in [1.29, 1.82) is 0 Å². The summed E-state index contributed by atoms with van der Waals surface area (Å²) in [5, 5.41) is 2.93. The first-order chi connectivity index (χ1) is 12.1. The van der Waals surface area contributed by atoms with E-state index in [9.17, 15) is 14.0 Å². The number of rotatable bonds is 4. The van der Waals surface area contributed by atoms with Gasteiger partial charge in [-0.25, -0.2) is 4.39 Å². The van der Waals surface area contributed by atoms with E-state index in [0.717, 1.165) is 18.4 Å². The Morgan fingerprint density at radius 2 is 1.80 bits per heavy atom. The van der Waals surface area contributed by atoms with Gasteiger partial charge in [-0.3, -0.25) is 9.59 Å². The van der Waals surface area contributed by atoms with Crippen LogP contribution in [0, 0.1) is 11.7 Å². The molecule has 0 aromatic heterocycles. The highest BCUT2D eigenvalue weighted by Crippen LogP contribution is 2.20. The molecule has 0 saturated carbocycles. The molecule has 1 fully saturated rings. The van der Waals surface area contributed by atoms with Gasteiger partial charge in [0.15, 0.2) is 0 Å². The van der Waals surface area contributed by atoms with Crippen molar-refractivity contribution in [3.8, 4) is 0 Å². The predicted octanol–water partition coefficient (Wildman–Crippen LogP) is 2.99. The van der Waals surface area contributed by atoms with Crippen molar-refractivity contribution in [2.24, 2.45) is 5.92 Å². The molecule has 1 heterocycles. The molecule has 1 saturated heterocycles. The Morgan fingerprint density at radius 3 is 2.56 bits per heavy atom. The Labute approximate surface area is 146 Å². The van der Waals surface area contributed by atoms with Gasteiger partial charge in [-0.2, -0.15) is 0 Å². The summed E-state index contributed by atoms with van der Waals surface area (Å²) >= 11 is 0. The van der Waals surface area contributed by atoms with Gasteiger partial charge in [0, 0.05) is 19.6 Å². The first-order valence-corrected chi connectivity index (χ1v) is 8.50. The van der Waals surface area contributed by atoms with Gasteiger partial charge in [0.05, 0.1) is 11.5 Å². The SMILES string of the molecule is O=C(NCc1ccccc1)C1CCCN(C(=O)c2ccccc2F)C1. The zero-order chi connectivity index (χ0) is 17.6. The van der Waals surface area contributed by atoms with Crippen molar-refractivity contribution in [2.75, 3.05) is 13.1 Å². The van der Waals surface area contributed by atoms with Gasteiger partial charge in [-0.15, -0.1) is 0 Å². The van der Waals surface area contributed by atoms with Crippen LogP contribution in [0.4, 0.5) is 4.39 Å². The Hall–Kier alpha value is -2.69. The summed E-state index contributed by atoms with van der Waals surface area (Å²) in [5.41, 5.74) is 1.10. The second-order valence-electron chi connectivity index (χ2n) is 6.27. The topological polar surface area (TPSA) is 49.4 Å². The minimum atomic E-state index is -0.525. The Bertz CT molecular complexity index is 748. The van der Waals surface area contributed by atoms with Gasteiger partial charge < -0.3 is 10.2 Å².